The summed E-state index contributed by atoms with van der Waals surface area (Å²) in [4.78, 5) is 15.9. The summed E-state index contributed by atoms with van der Waals surface area (Å²) in [6, 6.07) is 3.61. The van der Waals surface area contributed by atoms with E-state index in [1.807, 2.05) is 13.0 Å². The summed E-state index contributed by atoms with van der Waals surface area (Å²) < 4.78 is 1.50. The molecule has 0 unspecified atom stereocenters. The molecular formula is C11H12N2O2. The molecule has 2 aromatic heterocycles. The highest BCUT2D eigenvalue weighted by Crippen LogP contribution is 2.23. The molecular weight excluding hydrogens is 192 g/mol. The van der Waals surface area contributed by atoms with Crippen LogP contribution in [-0.4, -0.2) is 14.7 Å². The Kier molecular flexibility index (Phi) is 2.00. The molecule has 4 heteroatoms. The predicted octanol–water partition coefficient (Wildman–Crippen LogP) is 1.26. The zero-order chi connectivity index (χ0) is 11.2. The zero-order valence-electron chi connectivity index (χ0n) is 8.90. The Morgan fingerprint density at radius 2 is 2.00 bits per heavy atom. The Balaban J connectivity index is 3.07. The molecule has 0 aliphatic carbocycles. The highest BCUT2D eigenvalue weighted by molar-refractivity contribution is 5.82. The maximum Gasteiger partial charge on any atom is 0.257 e. The van der Waals surface area contributed by atoms with Gasteiger partial charge in [0, 0.05) is 12.7 Å². The van der Waals surface area contributed by atoms with Crippen molar-refractivity contribution in [3.05, 3.63) is 33.7 Å². The molecule has 1 N–H and O–H groups in total. The van der Waals surface area contributed by atoms with Crippen molar-refractivity contribution < 1.29 is 5.11 Å². The molecule has 2 heterocycles. The van der Waals surface area contributed by atoms with Crippen molar-refractivity contribution in [2.45, 2.75) is 13.8 Å². The molecule has 0 saturated heterocycles. The monoisotopic (exact) mass is 204 g/mol. The summed E-state index contributed by atoms with van der Waals surface area (Å²) in [5.74, 6) is -0.0169. The molecule has 0 spiro atoms. The standard InChI is InChI=1S/C11H12N2O2/c1-6-4-5-8-9(12-6)10(14)7(2)11(15)13(8)3/h4-5,14H,1-3H3. The third-order valence-electron chi connectivity index (χ3n) is 2.58. The molecule has 0 atom stereocenters. The summed E-state index contributed by atoms with van der Waals surface area (Å²) in [5, 5.41) is 9.81. The van der Waals surface area contributed by atoms with Crippen LogP contribution in [0, 0.1) is 13.8 Å². The van der Waals surface area contributed by atoms with Crippen molar-refractivity contribution in [2.24, 2.45) is 7.05 Å². The second-order valence-electron chi connectivity index (χ2n) is 3.66. The lowest BCUT2D eigenvalue weighted by Crippen LogP contribution is -2.19. The first-order valence-electron chi connectivity index (χ1n) is 4.68. The van der Waals surface area contributed by atoms with Gasteiger partial charge in [0.1, 0.15) is 5.52 Å². The minimum Gasteiger partial charge on any atom is -0.505 e. The molecule has 0 aliphatic rings. The molecule has 15 heavy (non-hydrogen) atoms. The number of aromatic hydroxyl groups is 1. The average molecular weight is 204 g/mol. The summed E-state index contributed by atoms with van der Waals surface area (Å²) >= 11 is 0. The molecule has 78 valence electrons. The number of aryl methyl sites for hydroxylation is 2. The molecule has 0 amide bonds. The van der Waals surface area contributed by atoms with Crippen LogP contribution in [-0.2, 0) is 7.05 Å². The van der Waals surface area contributed by atoms with Gasteiger partial charge in [-0.3, -0.25) is 4.79 Å². The van der Waals surface area contributed by atoms with E-state index in [0.29, 0.717) is 16.6 Å². The number of hydrogen-bond acceptors (Lipinski definition) is 3. The van der Waals surface area contributed by atoms with Crippen LogP contribution in [0.1, 0.15) is 11.3 Å². The van der Waals surface area contributed by atoms with Crippen molar-refractivity contribution >= 4 is 11.0 Å². The van der Waals surface area contributed by atoms with E-state index in [-0.39, 0.29) is 11.3 Å². The van der Waals surface area contributed by atoms with E-state index >= 15 is 0 Å². The Hall–Kier alpha value is -1.84. The van der Waals surface area contributed by atoms with Gasteiger partial charge < -0.3 is 9.67 Å². The van der Waals surface area contributed by atoms with Crippen molar-refractivity contribution in [3.63, 3.8) is 0 Å². The van der Waals surface area contributed by atoms with Crippen molar-refractivity contribution in [3.8, 4) is 5.75 Å². The van der Waals surface area contributed by atoms with Crippen molar-refractivity contribution in [1.29, 1.82) is 0 Å². The molecule has 2 aromatic rings. The van der Waals surface area contributed by atoms with E-state index in [9.17, 15) is 9.90 Å². The molecule has 0 aliphatic heterocycles. The predicted molar refractivity (Wildman–Crippen MR) is 58.1 cm³/mol. The van der Waals surface area contributed by atoms with Crippen LogP contribution in [0.25, 0.3) is 11.0 Å². The molecule has 0 aromatic carbocycles. The fraction of sp³-hybridized carbons (Fsp3) is 0.273. The second kappa shape index (κ2) is 3.08. The third-order valence-corrected chi connectivity index (χ3v) is 2.58. The fourth-order valence-electron chi connectivity index (χ4n) is 1.63. The van der Waals surface area contributed by atoms with Gasteiger partial charge in [-0.1, -0.05) is 0 Å². The lowest BCUT2D eigenvalue weighted by Gasteiger charge is -2.08. The van der Waals surface area contributed by atoms with E-state index in [1.54, 1.807) is 20.0 Å². The van der Waals surface area contributed by atoms with Gasteiger partial charge in [-0.05, 0) is 26.0 Å². The van der Waals surface area contributed by atoms with E-state index in [2.05, 4.69) is 4.98 Å². The van der Waals surface area contributed by atoms with Gasteiger partial charge in [0.2, 0.25) is 0 Å². The van der Waals surface area contributed by atoms with Crippen LogP contribution in [0.4, 0.5) is 0 Å². The molecule has 0 radical (unpaired) electrons. The number of hydrogen-bond donors (Lipinski definition) is 1. The first kappa shape index (κ1) is 9.71. The van der Waals surface area contributed by atoms with Crippen LogP contribution < -0.4 is 5.56 Å². The van der Waals surface area contributed by atoms with Crippen molar-refractivity contribution in [1.82, 2.24) is 9.55 Å². The molecule has 0 bridgehead atoms. The number of fused-ring (bicyclic) bond motifs is 1. The quantitative estimate of drug-likeness (QED) is 0.702. The normalized spacial score (nSPS) is 10.9. The summed E-state index contributed by atoms with van der Waals surface area (Å²) in [5.41, 5.74) is 2.09. The van der Waals surface area contributed by atoms with E-state index in [4.69, 9.17) is 0 Å². The SMILES string of the molecule is Cc1ccc2c(n1)c(O)c(C)c(=O)n2C. The zero-order valence-corrected chi connectivity index (χ0v) is 8.90. The van der Waals surface area contributed by atoms with Crippen LogP contribution in [0.3, 0.4) is 0 Å². The van der Waals surface area contributed by atoms with Gasteiger partial charge >= 0.3 is 0 Å². The van der Waals surface area contributed by atoms with Gasteiger partial charge in [0.15, 0.2) is 5.75 Å². The highest BCUT2D eigenvalue weighted by atomic mass is 16.3. The van der Waals surface area contributed by atoms with Crippen molar-refractivity contribution in [2.75, 3.05) is 0 Å². The maximum absolute atomic E-state index is 11.7. The third kappa shape index (κ3) is 1.29. The minimum absolute atomic E-state index is 0.0169. The summed E-state index contributed by atoms with van der Waals surface area (Å²) in [6.07, 6.45) is 0. The van der Waals surface area contributed by atoms with Gasteiger partial charge in [-0.2, -0.15) is 0 Å². The Morgan fingerprint density at radius 3 is 2.67 bits per heavy atom. The van der Waals surface area contributed by atoms with Gasteiger partial charge in [-0.25, -0.2) is 4.98 Å². The molecule has 2 rings (SSSR count). The summed E-state index contributed by atoms with van der Waals surface area (Å²) in [6.45, 7) is 3.44. The molecule has 0 fully saturated rings. The first-order chi connectivity index (χ1) is 7.02. The van der Waals surface area contributed by atoms with Gasteiger partial charge in [0.25, 0.3) is 5.56 Å². The second-order valence-corrected chi connectivity index (χ2v) is 3.66. The van der Waals surface area contributed by atoms with E-state index < -0.39 is 0 Å². The van der Waals surface area contributed by atoms with Crippen LogP contribution in [0.2, 0.25) is 0 Å². The largest absolute Gasteiger partial charge is 0.505 e. The Morgan fingerprint density at radius 1 is 1.33 bits per heavy atom. The highest BCUT2D eigenvalue weighted by Gasteiger charge is 2.11. The fourth-order valence-corrected chi connectivity index (χ4v) is 1.63. The smallest absolute Gasteiger partial charge is 0.257 e. The maximum atomic E-state index is 11.7. The minimum atomic E-state index is -0.189. The number of aromatic nitrogens is 2. The first-order valence-corrected chi connectivity index (χ1v) is 4.68. The molecule has 4 nitrogen and oxygen atoms in total. The summed E-state index contributed by atoms with van der Waals surface area (Å²) in [7, 11) is 1.67. The van der Waals surface area contributed by atoms with E-state index in [0.717, 1.165) is 5.69 Å². The number of pyridine rings is 2. The Bertz CT molecular complexity index is 600. The molecule has 0 saturated carbocycles. The average Bonchev–Trinajstić information content (AvgIpc) is 2.23. The topological polar surface area (TPSA) is 55.1 Å². The lowest BCUT2D eigenvalue weighted by molar-refractivity contribution is 0.473. The van der Waals surface area contributed by atoms with Crippen LogP contribution in [0.5, 0.6) is 5.75 Å². The van der Waals surface area contributed by atoms with Gasteiger partial charge in [-0.15, -0.1) is 0 Å². The van der Waals surface area contributed by atoms with E-state index in [1.165, 1.54) is 4.57 Å². The number of nitrogens with zero attached hydrogens (tertiary/aromatic N) is 2. The van der Waals surface area contributed by atoms with Gasteiger partial charge in [0.05, 0.1) is 11.1 Å². The number of rotatable bonds is 0. The van der Waals surface area contributed by atoms with Crippen LogP contribution >= 0.6 is 0 Å². The Labute approximate surface area is 86.8 Å². The van der Waals surface area contributed by atoms with Crippen LogP contribution in [0.15, 0.2) is 16.9 Å². The lowest BCUT2D eigenvalue weighted by atomic mass is 10.2.